The highest BCUT2D eigenvalue weighted by Gasteiger charge is 2.26. The summed E-state index contributed by atoms with van der Waals surface area (Å²) in [6.45, 7) is 3.42. The van der Waals surface area contributed by atoms with E-state index in [2.05, 4.69) is 50.3 Å². The van der Waals surface area contributed by atoms with Gasteiger partial charge in [-0.05, 0) is 44.9 Å². The fourth-order valence-corrected chi connectivity index (χ4v) is 6.98. The molecule has 0 aromatic rings. The number of hydrogen-bond donors (Lipinski definition) is 3. The van der Waals surface area contributed by atoms with Gasteiger partial charge in [-0.3, -0.25) is 13.8 Å². The fourth-order valence-electron chi connectivity index (χ4n) is 6.19. The van der Waals surface area contributed by atoms with E-state index in [1.807, 2.05) is 0 Å². The van der Waals surface area contributed by atoms with Crippen molar-refractivity contribution in [3.05, 3.63) is 36.5 Å². The van der Waals surface area contributed by atoms with Gasteiger partial charge in [0.2, 0.25) is 0 Å². The molecule has 0 spiro atoms. The molecule has 0 radical (unpaired) electrons. The van der Waals surface area contributed by atoms with Gasteiger partial charge in [-0.1, -0.05) is 185 Å². The average Bonchev–Trinajstić information content (AvgIpc) is 3.18. The van der Waals surface area contributed by atoms with Crippen molar-refractivity contribution in [2.24, 2.45) is 0 Å². The Bertz CT molecular complexity index is 955. The molecule has 9 nitrogen and oxygen atoms in total. The third-order valence-electron chi connectivity index (χ3n) is 9.59. The third-order valence-corrected chi connectivity index (χ3v) is 10.5. The molecule has 0 fully saturated rings. The van der Waals surface area contributed by atoms with E-state index >= 15 is 0 Å². The van der Waals surface area contributed by atoms with Crippen molar-refractivity contribution >= 4 is 13.8 Å². The highest BCUT2D eigenvalue weighted by atomic mass is 31.2. The Morgan fingerprint density at radius 3 is 1.56 bits per heavy atom. The van der Waals surface area contributed by atoms with Crippen LogP contribution in [-0.2, 0) is 27.9 Å². The maximum Gasteiger partial charge on any atom is 0.472 e. The van der Waals surface area contributed by atoms with Crippen molar-refractivity contribution in [1.82, 2.24) is 0 Å². The van der Waals surface area contributed by atoms with Gasteiger partial charge in [-0.25, -0.2) is 4.57 Å². The molecule has 10 heteroatoms. The monoisotopic (exact) mass is 801 g/mol. The van der Waals surface area contributed by atoms with Crippen molar-refractivity contribution < 1.29 is 43.0 Å². The van der Waals surface area contributed by atoms with Crippen LogP contribution >= 0.6 is 7.82 Å². The maximum atomic E-state index is 12.6. The topological polar surface area (TPSA) is 132 Å². The zero-order valence-corrected chi connectivity index (χ0v) is 36.3. The molecule has 0 amide bonds. The molecule has 3 N–H and O–H groups in total. The minimum atomic E-state index is -4.52. The van der Waals surface area contributed by atoms with Crippen LogP contribution in [0, 0.1) is 0 Å². The van der Waals surface area contributed by atoms with E-state index in [-0.39, 0.29) is 19.6 Å². The van der Waals surface area contributed by atoms with E-state index in [9.17, 15) is 19.4 Å². The Morgan fingerprint density at radius 2 is 1.04 bits per heavy atom. The Kier molecular flexibility index (Phi) is 41.3. The van der Waals surface area contributed by atoms with Gasteiger partial charge in [0.1, 0.15) is 12.2 Å². The number of ether oxygens (including phenoxy) is 2. The van der Waals surface area contributed by atoms with Gasteiger partial charge in [-0.15, -0.1) is 0 Å². The second-order valence-electron chi connectivity index (χ2n) is 15.0. The van der Waals surface area contributed by atoms with E-state index in [4.69, 9.17) is 23.6 Å². The van der Waals surface area contributed by atoms with E-state index in [1.54, 1.807) is 0 Å². The Hall–Kier alpha value is -1.32. The summed E-state index contributed by atoms with van der Waals surface area (Å²) in [5.41, 5.74) is 0. The summed E-state index contributed by atoms with van der Waals surface area (Å²) in [7, 11) is -4.52. The quantitative estimate of drug-likeness (QED) is 0.0239. The number of esters is 1. The molecule has 0 aliphatic heterocycles. The molecule has 3 atom stereocenters. The number of carbonyl (C=O) groups excluding carboxylic acids is 1. The molecule has 0 rings (SSSR count). The SMILES string of the molecule is CC/C=C\C/C=C\C/C=C\CCCCCCCCCC(=O)OC(COCCCCCCCCCCCCCCCCCCC)COP(=O)(O)OCC(O)CO. The normalized spacial score (nSPS) is 14.3. The lowest BCUT2D eigenvalue weighted by Crippen LogP contribution is -2.29. The van der Waals surface area contributed by atoms with Gasteiger partial charge in [0.15, 0.2) is 0 Å². The zero-order chi connectivity index (χ0) is 40.3. The van der Waals surface area contributed by atoms with Crippen LogP contribution in [-0.4, -0.2) is 66.3 Å². The molecule has 3 unspecified atom stereocenters. The van der Waals surface area contributed by atoms with Crippen molar-refractivity contribution in [2.45, 2.75) is 212 Å². The van der Waals surface area contributed by atoms with Crippen LogP contribution in [0.15, 0.2) is 36.5 Å². The molecule has 0 aliphatic rings. The van der Waals surface area contributed by atoms with Crippen molar-refractivity contribution in [1.29, 1.82) is 0 Å². The maximum absolute atomic E-state index is 12.6. The number of allylic oxidation sites excluding steroid dienone is 6. The fraction of sp³-hybridized carbons (Fsp3) is 0.844. The second-order valence-corrected chi connectivity index (χ2v) is 16.5. The highest BCUT2D eigenvalue weighted by molar-refractivity contribution is 7.47. The van der Waals surface area contributed by atoms with Crippen molar-refractivity contribution in [2.75, 3.05) is 33.0 Å². The predicted octanol–water partition coefficient (Wildman–Crippen LogP) is 12.4. The summed E-state index contributed by atoms with van der Waals surface area (Å²) in [5, 5.41) is 18.4. The molecular formula is C45H85O9P. The van der Waals surface area contributed by atoms with Gasteiger partial charge >= 0.3 is 13.8 Å². The zero-order valence-electron chi connectivity index (χ0n) is 35.4. The predicted molar refractivity (Wildman–Crippen MR) is 228 cm³/mol. The van der Waals surface area contributed by atoms with Crippen LogP contribution in [0.1, 0.15) is 200 Å². The molecule has 324 valence electrons. The minimum absolute atomic E-state index is 0.0480. The molecule has 0 aromatic carbocycles. The molecular weight excluding hydrogens is 715 g/mol. The second kappa shape index (κ2) is 42.3. The summed E-state index contributed by atoms with van der Waals surface area (Å²) in [6, 6.07) is 0. The molecule has 0 saturated carbocycles. The van der Waals surface area contributed by atoms with Crippen LogP contribution in [0.2, 0.25) is 0 Å². The van der Waals surface area contributed by atoms with Crippen LogP contribution < -0.4 is 0 Å². The van der Waals surface area contributed by atoms with E-state index in [0.717, 1.165) is 64.2 Å². The number of hydrogen-bond acceptors (Lipinski definition) is 8. The standard InChI is InChI=1S/C45H85O9P/c1-3-5-7-9-11-13-15-17-19-21-23-25-27-29-31-33-35-37-45(48)54-44(42-53-55(49,50)52-40-43(47)39-46)41-51-38-36-34-32-30-28-26-24-22-20-18-16-14-12-10-8-6-4-2/h5,7,11,13,17,19,43-44,46-47H,3-4,6,8-10,12,14-16,18,20-42H2,1-2H3,(H,49,50)/b7-5-,13-11-,19-17-. The summed E-state index contributed by atoms with van der Waals surface area (Å²) < 4.78 is 33.4. The Labute approximate surface area is 337 Å². The number of aliphatic hydroxyl groups excluding tert-OH is 2. The van der Waals surface area contributed by atoms with Gasteiger partial charge in [0.25, 0.3) is 0 Å². The number of phosphoric ester groups is 1. The molecule has 55 heavy (non-hydrogen) atoms. The third kappa shape index (κ3) is 42.1. The van der Waals surface area contributed by atoms with Crippen LogP contribution in [0.3, 0.4) is 0 Å². The van der Waals surface area contributed by atoms with Crippen LogP contribution in [0.5, 0.6) is 0 Å². The molecule has 0 saturated heterocycles. The lowest BCUT2D eigenvalue weighted by molar-refractivity contribution is -0.154. The lowest BCUT2D eigenvalue weighted by Gasteiger charge is -2.20. The van der Waals surface area contributed by atoms with Crippen molar-refractivity contribution in [3.63, 3.8) is 0 Å². The number of unbranched alkanes of at least 4 members (excludes halogenated alkanes) is 23. The summed E-state index contributed by atoms with van der Waals surface area (Å²) >= 11 is 0. The summed E-state index contributed by atoms with van der Waals surface area (Å²) in [5.74, 6) is -0.390. The van der Waals surface area contributed by atoms with Crippen LogP contribution in [0.4, 0.5) is 0 Å². The minimum Gasteiger partial charge on any atom is -0.457 e. The highest BCUT2D eigenvalue weighted by Crippen LogP contribution is 2.43. The van der Waals surface area contributed by atoms with Gasteiger partial charge in [-0.2, -0.15) is 0 Å². The smallest absolute Gasteiger partial charge is 0.457 e. The first-order chi connectivity index (χ1) is 26.8. The summed E-state index contributed by atoms with van der Waals surface area (Å²) in [4.78, 5) is 22.6. The molecule has 0 bridgehead atoms. The number of phosphoric acid groups is 1. The van der Waals surface area contributed by atoms with E-state index < -0.39 is 39.2 Å². The average molecular weight is 801 g/mol. The largest absolute Gasteiger partial charge is 0.472 e. The van der Waals surface area contributed by atoms with Crippen LogP contribution in [0.25, 0.3) is 0 Å². The van der Waals surface area contributed by atoms with Gasteiger partial charge in [0.05, 0.1) is 26.4 Å². The molecule has 0 aliphatic carbocycles. The number of rotatable bonds is 43. The van der Waals surface area contributed by atoms with Crippen molar-refractivity contribution in [3.8, 4) is 0 Å². The Balaban J connectivity index is 4.14. The first-order valence-corrected chi connectivity index (χ1v) is 24.0. The Morgan fingerprint density at radius 1 is 0.582 bits per heavy atom. The lowest BCUT2D eigenvalue weighted by atomic mass is 10.0. The first-order valence-electron chi connectivity index (χ1n) is 22.5. The number of carbonyl (C=O) groups is 1. The van der Waals surface area contributed by atoms with Gasteiger partial charge < -0.3 is 24.6 Å². The van der Waals surface area contributed by atoms with E-state index in [1.165, 1.54) is 116 Å². The molecule has 0 aromatic heterocycles. The van der Waals surface area contributed by atoms with Gasteiger partial charge in [0, 0.05) is 13.0 Å². The van der Waals surface area contributed by atoms with E-state index in [0.29, 0.717) is 6.61 Å². The summed E-state index contributed by atoms with van der Waals surface area (Å²) in [6.07, 6.45) is 45.3. The number of aliphatic hydroxyl groups is 2. The molecule has 0 heterocycles. The first kappa shape index (κ1) is 53.7.